The molecular weight excluding hydrogens is 400 g/mol. The van der Waals surface area contributed by atoms with Crippen molar-refractivity contribution in [2.24, 2.45) is 0 Å². The number of rotatable bonds is 5. The lowest BCUT2D eigenvalue weighted by Gasteiger charge is -2.28. The van der Waals surface area contributed by atoms with Crippen LogP contribution in [-0.4, -0.2) is 14.7 Å². The van der Waals surface area contributed by atoms with E-state index in [1.165, 1.54) is 22.5 Å². The van der Waals surface area contributed by atoms with Crippen LogP contribution >= 0.6 is 12.2 Å². The molecule has 0 unspecified atom stereocenters. The van der Waals surface area contributed by atoms with Gasteiger partial charge in [0.25, 0.3) is 0 Å². The first-order chi connectivity index (χ1) is 14.8. The minimum absolute atomic E-state index is 0.0143. The molecule has 1 saturated heterocycles. The summed E-state index contributed by atoms with van der Waals surface area (Å²) in [5.41, 5.74) is 7.30. The molecule has 4 rings (SSSR count). The molecule has 0 spiro atoms. The fourth-order valence-electron chi connectivity index (χ4n) is 4.87. The lowest BCUT2D eigenvalue weighted by molar-refractivity contribution is 0.547. The number of benzene rings is 1. The van der Waals surface area contributed by atoms with Gasteiger partial charge in [-0.3, -0.25) is 4.98 Å². The third-order valence-corrected chi connectivity index (χ3v) is 6.61. The fourth-order valence-corrected chi connectivity index (χ4v) is 5.21. The second-order valence-electron chi connectivity index (χ2n) is 9.03. The van der Waals surface area contributed by atoms with E-state index in [2.05, 4.69) is 97.7 Å². The van der Waals surface area contributed by atoms with Crippen molar-refractivity contribution in [2.45, 2.75) is 65.6 Å². The first kappa shape index (κ1) is 21.6. The van der Waals surface area contributed by atoms with Crippen LogP contribution in [0.1, 0.15) is 79.9 Å². The molecule has 4 nitrogen and oxygen atoms in total. The van der Waals surface area contributed by atoms with Gasteiger partial charge in [0.2, 0.25) is 0 Å². The van der Waals surface area contributed by atoms with Crippen molar-refractivity contribution >= 4 is 23.0 Å². The SMILES string of the molecule is Cc1cc([C@@H]2[C@H](c3ccccn3)NC(=S)N2c2ccc(C(C)C)cc2)c(C)n1C(C)C. The van der Waals surface area contributed by atoms with E-state index in [9.17, 15) is 0 Å². The Bertz CT molecular complexity index is 1070. The summed E-state index contributed by atoms with van der Waals surface area (Å²) in [5, 5.41) is 4.32. The van der Waals surface area contributed by atoms with Crippen LogP contribution in [0.4, 0.5) is 5.69 Å². The highest BCUT2D eigenvalue weighted by atomic mass is 32.1. The molecule has 5 heteroatoms. The zero-order valence-corrected chi connectivity index (χ0v) is 20.1. The molecule has 3 aromatic rings. The van der Waals surface area contributed by atoms with E-state index in [4.69, 9.17) is 12.2 Å². The van der Waals surface area contributed by atoms with E-state index in [0.717, 1.165) is 16.5 Å². The monoisotopic (exact) mass is 432 g/mol. The minimum Gasteiger partial charge on any atom is -0.351 e. The number of hydrogen-bond acceptors (Lipinski definition) is 2. The Labute approximate surface area is 191 Å². The molecule has 1 fully saturated rings. The number of hydrogen-bond donors (Lipinski definition) is 1. The maximum Gasteiger partial charge on any atom is 0.174 e. The van der Waals surface area contributed by atoms with E-state index in [0.29, 0.717) is 12.0 Å². The fraction of sp³-hybridized carbons (Fsp3) is 0.385. The second kappa shape index (κ2) is 8.46. The van der Waals surface area contributed by atoms with Crippen molar-refractivity contribution in [3.05, 3.63) is 82.9 Å². The van der Waals surface area contributed by atoms with E-state index < -0.39 is 0 Å². The molecule has 1 N–H and O–H groups in total. The van der Waals surface area contributed by atoms with Gasteiger partial charge in [-0.1, -0.05) is 32.0 Å². The van der Waals surface area contributed by atoms with Gasteiger partial charge in [0.05, 0.1) is 17.8 Å². The van der Waals surface area contributed by atoms with Crippen molar-refractivity contribution < 1.29 is 0 Å². The summed E-state index contributed by atoms with van der Waals surface area (Å²) in [4.78, 5) is 6.94. The van der Waals surface area contributed by atoms with E-state index in [1.54, 1.807) is 0 Å². The number of anilines is 1. The van der Waals surface area contributed by atoms with Crippen molar-refractivity contribution in [3.8, 4) is 0 Å². The standard InChI is InChI=1S/C26H32N4S/c1-16(2)20-10-12-21(13-11-20)30-25(22-15-18(5)29(17(3)4)19(22)6)24(28-26(30)31)23-9-7-8-14-27-23/h7-17,24-25H,1-6H3,(H,28,31)/t24-,25+/m0/s1. The first-order valence-electron chi connectivity index (χ1n) is 11.1. The Hall–Kier alpha value is -2.66. The van der Waals surface area contributed by atoms with Crippen molar-refractivity contribution in [3.63, 3.8) is 0 Å². The van der Waals surface area contributed by atoms with Crippen LogP contribution in [0.5, 0.6) is 0 Å². The molecule has 3 heterocycles. The maximum atomic E-state index is 5.88. The molecule has 0 bridgehead atoms. The normalized spacial score (nSPS) is 18.8. The number of pyridine rings is 1. The summed E-state index contributed by atoms with van der Waals surface area (Å²) in [6.07, 6.45) is 1.86. The second-order valence-corrected chi connectivity index (χ2v) is 9.42. The van der Waals surface area contributed by atoms with E-state index >= 15 is 0 Å². The lowest BCUT2D eigenvalue weighted by Crippen LogP contribution is -2.29. The molecule has 162 valence electrons. The number of nitrogens with one attached hydrogen (secondary N) is 1. The van der Waals surface area contributed by atoms with Crippen molar-refractivity contribution in [1.82, 2.24) is 14.9 Å². The highest BCUT2D eigenvalue weighted by Crippen LogP contribution is 2.43. The summed E-state index contributed by atoms with van der Waals surface area (Å²) in [6, 6.07) is 17.6. The van der Waals surface area contributed by atoms with Crippen LogP contribution in [0.3, 0.4) is 0 Å². The van der Waals surface area contributed by atoms with Crippen molar-refractivity contribution in [2.75, 3.05) is 4.90 Å². The smallest absolute Gasteiger partial charge is 0.174 e. The van der Waals surface area contributed by atoms with Crippen LogP contribution in [-0.2, 0) is 0 Å². The zero-order valence-electron chi connectivity index (χ0n) is 19.3. The highest BCUT2D eigenvalue weighted by molar-refractivity contribution is 7.80. The molecule has 2 atom stereocenters. The summed E-state index contributed by atoms with van der Waals surface area (Å²) in [6.45, 7) is 13.3. The molecule has 1 aliphatic heterocycles. The third-order valence-electron chi connectivity index (χ3n) is 6.29. The molecular formula is C26H32N4S. The molecule has 0 radical (unpaired) electrons. The predicted octanol–water partition coefficient (Wildman–Crippen LogP) is 6.38. The topological polar surface area (TPSA) is 33.1 Å². The molecule has 0 aliphatic carbocycles. The Morgan fingerprint density at radius 3 is 2.26 bits per heavy atom. The molecule has 2 aromatic heterocycles. The first-order valence-corrected chi connectivity index (χ1v) is 11.5. The van der Waals surface area contributed by atoms with Crippen molar-refractivity contribution in [1.29, 1.82) is 0 Å². The van der Waals surface area contributed by atoms with Gasteiger partial charge in [0.1, 0.15) is 0 Å². The van der Waals surface area contributed by atoms with Gasteiger partial charge in [-0.2, -0.15) is 0 Å². The summed E-state index contributed by atoms with van der Waals surface area (Å²) in [5.74, 6) is 0.500. The molecule has 1 aromatic carbocycles. The molecule has 1 aliphatic rings. The largest absolute Gasteiger partial charge is 0.351 e. The van der Waals surface area contributed by atoms with Gasteiger partial charge in [-0.05, 0) is 87.3 Å². The molecule has 0 amide bonds. The van der Waals surface area contributed by atoms with Gasteiger partial charge in [-0.15, -0.1) is 0 Å². The van der Waals surface area contributed by atoms with Crippen LogP contribution in [0, 0.1) is 13.8 Å². The lowest BCUT2D eigenvalue weighted by atomic mass is 9.96. The minimum atomic E-state index is -0.0143. The van der Waals surface area contributed by atoms with Gasteiger partial charge >= 0.3 is 0 Å². The highest BCUT2D eigenvalue weighted by Gasteiger charge is 2.42. The Morgan fingerprint density at radius 1 is 1.00 bits per heavy atom. The quantitative estimate of drug-likeness (QED) is 0.474. The number of aryl methyl sites for hydroxylation is 1. The Kier molecular flexibility index (Phi) is 5.89. The average Bonchev–Trinajstić information content (AvgIpc) is 3.24. The number of nitrogens with zero attached hydrogens (tertiary/aromatic N) is 3. The molecule has 31 heavy (non-hydrogen) atoms. The number of thiocarbonyl (C=S) groups is 1. The predicted molar refractivity (Wildman–Crippen MR) is 133 cm³/mol. The Morgan fingerprint density at radius 2 is 1.71 bits per heavy atom. The van der Waals surface area contributed by atoms with Crippen LogP contribution in [0.25, 0.3) is 0 Å². The number of aromatic nitrogens is 2. The van der Waals surface area contributed by atoms with E-state index in [-0.39, 0.29) is 12.1 Å². The molecule has 0 saturated carbocycles. The summed E-state index contributed by atoms with van der Waals surface area (Å²) < 4.78 is 2.41. The zero-order chi connectivity index (χ0) is 22.3. The average molecular weight is 433 g/mol. The summed E-state index contributed by atoms with van der Waals surface area (Å²) >= 11 is 5.88. The van der Waals surface area contributed by atoms with Gasteiger partial charge in [0.15, 0.2) is 5.11 Å². The van der Waals surface area contributed by atoms with Crippen LogP contribution in [0.2, 0.25) is 0 Å². The van der Waals surface area contributed by atoms with Gasteiger partial charge in [-0.25, -0.2) is 0 Å². The summed E-state index contributed by atoms with van der Waals surface area (Å²) in [7, 11) is 0. The third kappa shape index (κ3) is 3.87. The van der Waals surface area contributed by atoms with Crippen LogP contribution in [0.15, 0.2) is 54.7 Å². The maximum absolute atomic E-state index is 5.88. The Balaban J connectivity index is 1.86. The van der Waals surface area contributed by atoms with Gasteiger partial charge in [0, 0.05) is 29.3 Å². The van der Waals surface area contributed by atoms with E-state index in [1.807, 2.05) is 18.3 Å². The van der Waals surface area contributed by atoms with Crippen LogP contribution < -0.4 is 10.2 Å². The van der Waals surface area contributed by atoms with Gasteiger partial charge < -0.3 is 14.8 Å².